The first-order chi connectivity index (χ1) is 10.2. The predicted octanol–water partition coefficient (Wildman–Crippen LogP) is 3.11. The number of esters is 2. The van der Waals surface area contributed by atoms with Crippen LogP contribution >= 0.6 is 0 Å². The molecule has 0 spiro atoms. The maximum atomic E-state index is 12.5. The summed E-state index contributed by atoms with van der Waals surface area (Å²) in [6.07, 6.45) is 0.489. The molecule has 0 amide bonds. The molecule has 0 aromatic carbocycles. The molecule has 1 rings (SSSR count). The Labute approximate surface area is 125 Å². The molecule has 0 aliphatic heterocycles. The molecule has 0 bridgehead atoms. The molecular weight excluding hydrogens is 308 g/mol. The van der Waals surface area contributed by atoms with Crippen molar-refractivity contribution in [2.75, 3.05) is 6.61 Å². The van der Waals surface area contributed by atoms with E-state index in [1.807, 2.05) is 0 Å². The van der Waals surface area contributed by atoms with Crippen molar-refractivity contribution in [1.82, 2.24) is 0 Å². The quantitative estimate of drug-likeness (QED) is 0.427. The van der Waals surface area contributed by atoms with Gasteiger partial charge >= 0.3 is 24.3 Å². The normalized spacial score (nSPS) is 22.8. The van der Waals surface area contributed by atoms with E-state index in [-0.39, 0.29) is 6.10 Å². The van der Waals surface area contributed by atoms with Gasteiger partial charge in [0.1, 0.15) is 6.10 Å². The monoisotopic (exact) mass is 326 g/mol. The molecule has 1 fully saturated rings. The Balaban J connectivity index is 2.31. The van der Waals surface area contributed by atoms with Gasteiger partial charge in [0.2, 0.25) is 0 Å². The van der Waals surface area contributed by atoms with Gasteiger partial charge in [-0.3, -0.25) is 0 Å². The lowest BCUT2D eigenvalue weighted by atomic mass is 9.89. The van der Waals surface area contributed by atoms with Gasteiger partial charge in [0.15, 0.2) is 6.61 Å². The molecule has 0 heterocycles. The summed E-state index contributed by atoms with van der Waals surface area (Å²) < 4.78 is 57.7. The maximum absolute atomic E-state index is 12.5. The predicted molar refractivity (Wildman–Crippen MR) is 68.6 cm³/mol. The zero-order chi connectivity index (χ0) is 16.8. The fraction of sp³-hybridized carbons (Fsp3) is 0.714. The minimum Gasteiger partial charge on any atom is -0.459 e. The lowest BCUT2D eigenvalue weighted by Gasteiger charge is -2.25. The summed E-state index contributed by atoms with van der Waals surface area (Å²) in [6.45, 7) is 0.354. The first kappa shape index (κ1) is 18.4. The van der Waals surface area contributed by atoms with Gasteiger partial charge < -0.3 is 9.47 Å². The van der Waals surface area contributed by atoms with Gasteiger partial charge in [-0.15, -0.1) is 0 Å². The Morgan fingerprint density at radius 1 is 1.14 bits per heavy atom. The highest BCUT2D eigenvalue weighted by atomic mass is 19.3. The first-order valence-electron chi connectivity index (χ1n) is 6.92. The van der Waals surface area contributed by atoms with Crippen LogP contribution in [0.4, 0.5) is 17.6 Å². The molecule has 0 N–H and O–H groups in total. The van der Waals surface area contributed by atoms with Crippen molar-refractivity contribution in [1.29, 1.82) is 0 Å². The molecule has 8 heteroatoms. The van der Waals surface area contributed by atoms with Gasteiger partial charge in [-0.1, -0.05) is 6.92 Å². The van der Waals surface area contributed by atoms with Gasteiger partial charge in [-0.05, 0) is 31.6 Å². The van der Waals surface area contributed by atoms with Crippen molar-refractivity contribution in [2.24, 2.45) is 5.92 Å². The number of hydrogen-bond donors (Lipinski definition) is 0. The van der Waals surface area contributed by atoms with Crippen molar-refractivity contribution in [3.8, 4) is 0 Å². The van der Waals surface area contributed by atoms with E-state index in [1.54, 1.807) is 0 Å². The molecule has 1 saturated carbocycles. The zero-order valence-electron chi connectivity index (χ0n) is 12.1. The Morgan fingerprint density at radius 3 is 2.23 bits per heavy atom. The lowest BCUT2D eigenvalue weighted by Crippen LogP contribution is -2.33. The number of halogens is 4. The van der Waals surface area contributed by atoms with Gasteiger partial charge in [-0.25, -0.2) is 18.4 Å². The van der Waals surface area contributed by atoms with Crippen LogP contribution in [0.15, 0.2) is 12.2 Å². The zero-order valence-corrected chi connectivity index (χ0v) is 12.1. The van der Waals surface area contributed by atoms with E-state index in [1.165, 1.54) is 0 Å². The molecule has 1 aliphatic rings. The summed E-state index contributed by atoms with van der Waals surface area (Å²) in [5.41, 5.74) is 0. The van der Waals surface area contributed by atoms with E-state index in [4.69, 9.17) is 4.74 Å². The smallest absolute Gasteiger partial charge is 0.340 e. The molecule has 1 aliphatic carbocycles. The topological polar surface area (TPSA) is 52.6 Å². The van der Waals surface area contributed by atoms with E-state index in [9.17, 15) is 27.2 Å². The fourth-order valence-corrected chi connectivity index (χ4v) is 1.97. The largest absolute Gasteiger partial charge is 0.459 e. The number of alkyl halides is 4. The fourth-order valence-electron chi connectivity index (χ4n) is 1.97. The van der Waals surface area contributed by atoms with Gasteiger partial charge in [0.05, 0.1) is 0 Å². The summed E-state index contributed by atoms with van der Waals surface area (Å²) in [4.78, 5) is 22.5. The van der Waals surface area contributed by atoms with Crippen LogP contribution in [-0.4, -0.2) is 37.0 Å². The first-order valence-corrected chi connectivity index (χ1v) is 6.92. The summed E-state index contributed by atoms with van der Waals surface area (Å²) >= 11 is 0. The van der Waals surface area contributed by atoms with Crippen molar-refractivity contribution in [3.63, 3.8) is 0 Å². The highest BCUT2D eigenvalue weighted by molar-refractivity contribution is 5.91. The minimum atomic E-state index is -4.41. The van der Waals surface area contributed by atoms with Crippen LogP contribution in [-0.2, 0) is 19.1 Å². The van der Waals surface area contributed by atoms with Crippen LogP contribution in [0, 0.1) is 5.92 Å². The second kappa shape index (κ2) is 8.14. The van der Waals surface area contributed by atoms with E-state index in [0.717, 1.165) is 31.8 Å². The van der Waals surface area contributed by atoms with E-state index in [2.05, 4.69) is 11.7 Å². The standard InChI is InChI=1S/C14H18F4O4/c1-9-2-4-10(5-3-9)22-12(20)7-6-11(19)21-8-14(17,18)13(15)16/h6-7,9-10,13H,2-5,8H2,1H3. The van der Waals surface area contributed by atoms with Crippen LogP contribution in [0.3, 0.4) is 0 Å². The third-order valence-electron chi connectivity index (χ3n) is 3.33. The van der Waals surface area contributed by atoms with Crippen molar-refractivity contribution < 1.29 is 36.6 Å². The molecule has 0 radical (unpaired) electrons. The number of carbonyl (C=O) groups excluding carboxylic acids is 2. The molecule has 22 heavy (non-hydrogen) atoms. The summed E-state index contributed by atoms with van der Waals surface area (Å²) in [5, 5.41) is 0. The van der Waals surface area contributed by atoms with E-state index < -0.39 is 30.9 Å². The van der Waals surface area contributed by atoms with Crippen LogP contribution in [0.2, 0.25) is 0 Å². The number of ether oxygens (including phenoxy) is 2. The number of carbonyl (C=O) groups is 2. The number of hydrogen-bond acceptors (Lipinski definition) is 4. The molecule has 0 aromatic rings. The molecule has 4 nitrogen and oxygen atoms in total. The summed E-state index contributed by atoms with van der Waals surface area (Å²) in [7, 11) is 0. The SMILES string of the molecule is CC1CCC(OC(=O)C=CC(=O)OCC(F)(F)C(F)F)CC1. The average molecular weight is 326 g/mol. The Morgan fingerprint density at radius 2 is 1.68 bits per heavy atom. The van der Waals surface area contributed by atoms with Gasteiger partial charge in [0, 0.05) is 12.2 Å². The van der Waals surface area contributed by atoms with Gasteiger partial charge in [0.25, 0.3) is 0 Å². The molecule has 0 aromatic heterocycles. The summed E-state index contributed by atoms with van der Waals surface area (Å²) in [6, 6.07) is 0. The van der Waals surface area contributed by atoms with Crippen LogP contribution < -0.4 is 0 Å². The summed E-state index contributed by atoms with van der Waals surface area (Å²) in [5.74, 6) is -5.94. The highest BCUT2D eigenvalue weighted by Crippen LogP contribution is 2.25. The van der Waals surface area contributed by atoms with Gasteiger partial charge in [-0.2, -0.15) is 8.78 Å². The van der Waals surface area contributed by atoms with Crippen molar-refractivity contribution in [3.05, 3.63) is 12.2 Å². The van der Waals surface area contributed by atoms with E-state index in [0.29, 0.717) is 12.0 Å². The molecule has 0 unspecified atom stereocenters. The molecule has 0 atom stereocenters. The van der Waals surface area contributed by atoms with Crippen molar-refractivity contribution in [2.45, 2.75) is 51.1 Å². The Bertz CT molecular complexity index is 415. The second-order valence-corrected chi connectivity index (χ2v) is 5.32. The van der Waals surface area contributed by atoms with Crippen molar-refractivity contribution >= 4 is 11.9 Å². The van der Waals surface area contributed by atoms with Crippen LogP contribution in [0.25, 0.3) is 0 Å². The number of rotatable bonds is 6. The minimum absolute atomic E-state index is 0.229. The average Bonchev–Trinajstić information content (AvgIpc) is 2.45. The molecule has 126 valence electrons. The van der Waals surface area contributed by atoms with Crippen LogP contribution in [0.5, 0.6) is 0 Å². The highest BCUT2D eigenvalue weighted by Gasteiger charge is 2.42. The molecular formula is C14H18F4O4. The lowest BCUT2D eigenvalue weighted by molar-refractivity contribution is -0.176. The maximum Gasteiger partial charge on any atom is 0.340 e. The third-order valence-corrected chi connectivity index (χ3v) is 3.33. The third kappa shape index (κ3) is 6.44. The second-order valence-electron chi connectivity index (χ2n) is 5.32. The molecule has 0 saturated heterocycles. The van der Waals surface area contributed by atoms with Crippen LogP contribution in [0.1, 0.15) is 32.6 Å². The Kier molecular flexibility index (Phi) is 6.83. The Hall–Kier alpha value is -1.60. The van der Waals surface area contributed by atoms with E-state index >= 15 is 0 Å².